The van der Waals surface area contributed by atoms with Crippen LogP contribution in [0.5, 0.6) is 0 Å². The Morgan fingerprint density at radius 2 is 1.83 bits per heavy atom. The molecule has 2 rings (SSSR count). The van der Waals surface area contributed by atoms with Crippen LogP contribution in [-0.4, -0.2) is 37.1 Å². The Hall–Kier alpha value is -2.15. The van der Waals surface area contributed by atoms with Crippen molar-refractivity contribution < 1.29 is 14.3 Å². The highest BCUT2D eigenvalue weighted by molar-refractivity contribution is 6.35. The number of carbonyl (C=O) groups excluding carboxylic acids is 2. The van der Waals surface area contributed by atoms with Gasteiger partial charge in [0.15, 0.2) is 0 Å². The summed E-state index contributed by atoms with van der Waals surface area (Å²) < 4.78 is 4.86. The van der Waals surface area contributed by atoms with Crippen LogP contribution >= 0.6 is 23.2 Å². The third-order valence-electron chi connectivity index (χ3n) is 3.03. The van der Waals surface area contributed by atoms with Gasteiger partial charge in [0.2, 0.25) is 0 Å². The number of benzene rings is 1. The molecule has 1 aromatic heterocycles. The molecule has 2 aromatic rings. The molecule has 1 heterocycles. The highest BCUT2D eigenvalue weighted by atomic mass is 35.5. The molecule has 6 nitrogen and oxygen atoms in total. The Balaban J connectivity index is 2.11. The molecular weight excluding hydrogens is 353 g/mol. The minimum atomic E-state index is -0.446. The van der Waals surface area contributed by atoms with Crippen LogP contribution in [0.1, 0.15) is 20.7 Å². The van der Waals surface area contributed by atoms with Crippen molar-refractivity contribution in [1.29, 1.82) is 0 Å². The largest absolute Gasteiger partial charge is 0.383 e. The summed E-state index contributed by atoms with van der Waals surface area (Å²) in [5, 5.41) is 6.10. The summed E-state index contributed by atoms with van der Waals surface area (Å²) in [6.07, 6.45) is 2.74. The van der Waals surface area contributed by atoms with E-state index < -0.39 is 5.91 Å². The normalized spacial score (nSPS) is 10.3. The average Bonchev–Trinajstić information content (AvgIpc) is 2.58. The first kappa shape index (κ1) is 18.2. The number of nitrogens with zero attached hydrogens (tertiary/aromatic N) is 1. The number of halogens is 2. The lowest BCUT2D eigenvalue weighted by atomic mass is 10.2. The van der Waals surface area contributed by atoms with Gasteiger partial charge in [-0.05, 0) is 24.3 Å². The quantitative estimate of drug-likeness (QED) is 0.769. The Morgan fingerprint density at radius 1 is 1.12 bits per heavy atom. The van der Waals surface area contributed by atoms with Gasteiger partial charge in [-0.1, -0.05) is 23.2 Å². The lowest BCUT2D eigenvalue weighted by Gasteiger charge is -2.09. The number of amides is 2. The van der Waals surface area contributed by atoms with Crippen molar-refractivity contribution in [3.63, 3.8) is 0 Å². The lowest BCUT2D eigenvalue weighted by Crippen LogP contribution is -2.27. The van der Waals surface area contributed by atoms with E-state index in [-0.39, 0.29) is 17.0 Å². The van der Waals surface area contributed by atoms with Gasteiger partial charge >= 0.3 is 0 Å². The minimum Gasteiger partial charge on any atom is -0.383 e. The Kier molecular flexibility index (Phi) is 6.54. The maximum atomic E-state index is 12.3. The molecule has 0 unspecified atom stereocenters. The first-order chi connectivity index (χ1) is 11.5. The molecule has 0 aliphatic heterocycles. The average molecular weight is 368 g/mol. The van der Waals surface area contributed by atoms with E-state index in [1.165, 1.54) is 24.5 Å². The summed E-state index contributed by atoms with van der Waals surface area (Å²) in [5.74, 6) is -0.784. The van der Waals surface area contributed by atoms with Crippen molar-refractivity contribution >= 4 is 40.7 Å². The maximum absolute atomic E-state index is 12.3. The molecule has 0 fully saturated rings. The molecule has 0 aliphatic rings. The molecule has 0 atom stereocenters. The number of rotatable bonds is 6. The second kappa shape index (κ2) is 8.63. The first-order valence-electron chi connectivity index (χ1n) is 7.00. The van der Waals surface area contributed by atoms with E-state index in [1.54, 1.807) is 19.2 Å². The van der Waals surface area contributed by atoms with E-state index in [1.807, 2.05) is 0 Å². The van der Waals surface area contributed by atoms with Gasteiger partial charge in [-0.2, -0.15) is 0 Å². The molecule has 1 aromatic carbocycles. The number of hydrogen-bond donors (Lipinski definition) is 2. The van der Waals surface area contributed by atoms with Crippen LogP contribution in [0.15, 0.2) is 36.7 Å². The number of methoxy groups -OCH3 is 1. The third-order valence-corrected chi connectivity index (χ3v) is 3.60. The van der Waals surface area contributed by atoms with Crippen molar-refractivity contribution in [3.05, 3.63) is 57.8 Å². The Labute approximate surface area is 149 Å². The molecule has 2 amide bonds. The first-order valence-corrected chi connectivity index (χ1v) is 7.75. The smallest absolute Gasteiger partial charge is 0.257 e. The van der Waals surface area contributed by atoms with Crippen LogP contribution in [0.3, 0.4) is 0 Å². The van der Waals surface area contributed by atoms with Crippen molar-refractivity contribution in [3.8, 4) is 0 Å². The number of hydrogen-bond acceptors (Lipinski definition) is 4. The van der Waals surface area contributed by atoms with Crippen molar-refractivity contribution in [2.45, 2.75) is 0 Å². The molecule has 0 bridgehead atoms. The summed E-state index contributed by atoms with van der Waals surface area (Å²) in [5.41, 5.74) is 0.880. The van der Waals surface area contributed by atoms with E-state index in [0.717, 1.165) is 0 Å². The van der Waals surface area contributed by atoms with Crippen LogP contribution < -0.4 is 10.6 Å². The number of aromatic nitrogens is 1. The van der Waals surface area contributed by atoms with Gasteiger partial charge in [0.05, 0.1) is 28.4 Å². The number of pyridine rings is 1. The maximum Gasteiger partial charge on any atom is 0.257 e. The zero-order valence-electron chi connectivity index (χ0n) is 12.8. The molecule has 0 saturated carbocycles. The van der Waals surface area contributed by atoms with E-state index in [0.29, 0.717) is 28.9 Å². The summed E-state index contributed by atoms with van der Waals surface area (Å²) in [7, 11) is 1.54. The second-order valence-corrected chi connectivity index (χ2v) is 5.63. The summed E-state index contributed by atoms with van der Waals surface area (Å²) in [6, 6.07) is 6.18. The third kappa shape index (κ3) is 4.92. The number of ether oxygens (including phenoxy) is 1. The van der Waals surface area contributed by atoms with E-state index in [4.69, 9.17) is 27.9 Å². The Morgan fingerprint density at radius 3 is 2.54 bits per heavy atom. The van der Waals surface area contributed by atoms with Gasteiger partial charge < -0.3 is 15.4 Å². The van der Waals surface area contributed by atoms with Gasteiger partial charge in [0, 0.05) is 31.1 Å². The lowest BCUT2D eigenvalue weighted by molar-refractivity contribution is 0.0936. The highest BCUT2D eigenvalue weighted by Gasteiger charge is 2.13. The van der Waals surface area contributed by atoms with Gasteiger partial charge in [0.25, 0.3) is 11.8 Å². The van der Waals surface area contributed by atoms with Crippen molar-refractivity contribution in [1.82, 2.24) is 10.3 Å². The van der Waals surface area contributed by atoms with Gasteiger partial charge in [-0.3, -0.25) is 14.6 Å². The molecule has 24 heavy (non-hydrogen) atoms. The van der Waals surface area contributed by atoms with Crippen LogP contribution in [0.25, 0.3) is 0 Å². The molecular formula is C16H15Cl2N3O3. The van der Waals surface area contributed by atoms with Gasteiger partial charge in [-0.15, -0.1) is 0 Å². The van der Waals surface area contributed by atoms with Crippen LogP contribution in [0, 0.1) is 0 Å². The van der Waals surface area contributed by atoms with E-state index in [2.05, 4.69) is 15.6 Å². The fourth-order valence-corrected chi connectivity index (χ4v) is 2.18. The van der Waals surface area contributed by atoms with E-state index in [9.17, 15) is 9.59 Å². The zero-order chi connectivity index (χ0) is 17.5. The number of anilines is 1. The number of carbonyl (C=O) groups is 2. The summed E-state index contributed by atoms with van der Waals surface area (Å²) >= 11 is 11.9. The Bertz CT molecular complexity index is 753. The summed E-state index contributed by atoms with van der Waals surface area (Å²) in [4.78, 5) is 28.2. The zero-order valence-corrected chi connectivity index (χ0v) is 14.3. The minimum absolute atomic E-state index is 0.227. The predicted molar refractivity (Wildman–Crippen MR) is 92.9 cm³/mol. The molecule has 0 spiro atoms. The molecule has 8 heteroatoms. The SMILES string of the molecule is COCCNC(=O)c1cncc(C(=O)Nc2cc(Cl)ccc2Cl)c1. The van der Waals surface area contributed by atoms with E-state index >= 15 is 0 Å². The molecule has 2 N–H and O–H groups in total. The topological polar surface area (TPSA) is 80.3 Å². The fraction of sp³-hybridized carbons (Fsp3) is 0.188. The predicted octanol–water partition coefficient (Wildman–Crippen LogP) is 3.02. The summed E-state index contributed by atoms with van der Waals surface area (Å²) in [6.45, 7) is 0.760. The van der Waals surface area contributed by atoms with Gasteiger partial charge in [0.1, 0.15) is 0 Å². The van der Waals surface area contributed by atoms with Crippen LogP contribution in [0.2, 0.25) is 10.0 Å². The fourth-order valence-electron chi connectivity index (χ4n) is 1.84. The highest BCUT2D eigenvalue weighted by Crippen LogP contribution is 2.25. The monoisotopic (exact) mass is 367 g/mol. The number of nitrogens with one attached hydrogen (secondary N) is 2. The van der Waals surface area contributed by atoms with Crippen molar-refractivity contribution in [2.24, 2.45) is 0 Å². The van der Waals surface area contributed by atoms with Gasteiger partial charge in [-0.25, -0.2) is 0 Å². The van der Waals surface area contributed by atoms with Crippen LogP contribution in [-0.2, 0) is 4.74 Å². The van der Waals surface area contributed by atoms with Crippen LogP contribution in [0.4, 0.5) is 5.69 Å². The molecule has 0 radical (unpaired) electrons. The second-order valence-electron chi connectivity index (χ2n) is 4.79. The molecule has 126 valence electrons. The molecule has 0 saturated heterocycles. The van der Waals surface area contributed by atoms with Crippen molar-refractivity contribution in [2.75, 3.05) is 25.6 Å². The standard InChI is InChI=1S/C16H15Cl2N3O3/c1-24-5-4-20-15(22)10-6-11(9-19-8-10)16(23)21-14-7-12(17)2-3-13(14)18/h2-3,6-9H,4-5H2,1H3,(H,20,22)(H,21,23). The molecule has 0 aliphatic carbocycles.